The summed E-state index contributed by atoms with van der Waals surface area (Å²) in [5.74, 6) is -1.07. The highest BCUT2D eigenvalue weighted by molar-refractivity contribution is 5.91. The molecule has 1 aromatic heterocycles. The van der Waals surface area contributed by atoms with Crippen molar-refractivity contribution in [2.24, 2.45) is 0 Å². The Morgan fingerprint density at radius 3 is 2.80 bits per heavy atom. The van der Waals surface area contributed by atoms with E-state index in [-0.39, 0.29) is 11.7 Å². The molecule has 0 spiro atoms. The van der Waals surface area contributed by atoms with Crippen LogP contribution in [-0.4, -0.2) is 20.9 Å². The third kappa shape index (κ3) is 2.09. The van der Waals surface area contributed by atoms with E-state index in [1.54, 1.807) is 16.8 Å². The zero-order valence-corrected chi connectivity index (χ0v) is 11.1. The monoisotopic (exact) mass is 274 g/mol. The van der Waals surface area contributed by atoms with E-state index >= 15 is 0 Å². The molecular weight excluding hydrogens is 259 g/mol. The number of carboxylic acids is 1. The van der Waals surface area contributed by atoms with Gasteiger partial charge in [-0.05, 0) is 37.5 Å². The number of hydrogen-bond donors (Lipinski definition) is 1. The largest absolute Gasteiger partial charge is 0.478 e. The summed E-state index contributed by atoms with van der Waals surface area (Å²) >= 11 is 0. The molecule has 1 N–H and O–H groups in total. The summed E-state index contributed by atoms with van der Waals surface area (Å²) in [6, 6.07) is 6.06. The maximum Gasteiger partial charge on any atom is 0.339 e. The Morgan fingerprint density at radius 1 is 1.50 bits per heavy atom. The van der Waals surface area contributed by atoms with Gasteiger partial charge in [0.25, 0.3) is 0 Å². The molecule has 0 saturated heterocycles. The van der Waals surface area contributed by atoms with Crippen molar-refractivity contribution in [2.45, 2.75) is 32.1 Å². The molecule has 0 bridgehead atoms. The predicted molar refractivity (Wildman–Crippen MR) is 71.8 cm³/mol. The van der Waals surface area contributed by atoms with E-state index < -0.39 is 5.97 Å². The SMILES string of the molecule is CCc1c(C(=O)O)c(C2CC2)nn1-c1cccc(F)c1. The molecule has 1 fully saturated rings. The van der Waals surface area contributed by atoms with E-state index in [2.05, 4.69) is 5.10 Å². The molecule has 1 heterocycles. The van der Waals surface area contributed by atoms with Crippen LogP contribution in [0.4, 0.5) is 4.39 Å². The lowest BCUT2D eigenvalue weighted by Crippen LogP contribution is -2.06. The van der Waals surface area contributed by atoms with Gasteiger partial charge in [-0.25, -0.2) is 13.9 Å². The number of carbonyl (C=O) groups is 1. The molecule has 4 nitrogen and oxygen atoms in total. The third-order valence-electron chi connectivity index (χ3n) is 3.57. The summed E-state index contributed by atoms with van der Waals surface area (Å²) < 4.78 is 14.9. The summed E-state index contributed by atoms with van der Waals surface area (Å²) in [7, 11) is 0. The van der Waals surface area contributed by atoms with Crippen molar-refractivity contribution in [1.29, 1.82) is 0 Å². The number of halogens is 1. The van der Waals surface area contributed by atoms with Gasteiger partial charge in [0.05, 0.1) is 17.1 Å². The average molecular weight is 274 g/mol. The van der Waals surface area contributed by atoms with E-state index in [0.717, 1.165) is 12.8 Å². The second-order valence-electron chi connectivity index (χ2n) is 5.03. The highest BCUT2D eigenvalue weighted by Gasteiger charge is 2.34. The van der Waals surface area contributed by atoms with Gasteiger partial charge in [-0.15, -0.1) is 0 Å². The first-order valence-electron chi connectivity index (χ1n) is 6.72. The lowest BCUT2D eigenvalue weighted by atomic mass is 10.1. The van der Waals surface area contributed by atoms with Crippen LogP contribution in [0.1, 0.15) is 47.4 Å². The molecule has 0 atom stereocenters. The Kier molecular flexibility index (Phi) is 3.04. The van der Waals surface area contributed by atoms with Gasteiger partial charge in [-0.2, -0.15) is 5.10 Å². The third-order valence-corrected chi connectivity index (χ3v) is 3.57. The number of carboxylic acid groups (broad SMARTS) is 1. The number of nitrogens with zero attached hydrogens (tertiary/aromatic N) is 2. The Bertz CT molecular complexity index is 675. The van der Waals surface area contributed by atoms with Gasteiger partial charge in [0.15, 0.2) is 0 Å². The van der Waals surface area contributed by atoms with E-state index in [1.165, 1.54) is 12.1 Å². The maximum atomic E-state index is 13.4. The quantitative estimate of drug-likeness (QED) is 0.931. The molecule has 0 unspecified atom stereocenters. The molecule has 0 radical (unpaired) electrons. The van der Waals surface area contributed by atoms with Crippen molar-refractivity contribution in [3.63, 3.8) is 0 Å². The first kappa shape index (κ1) is 12.8. The van der Waals surface area contributed by atoms with Crippen LogP contribution in [0, 0.1) is 5.82 Å². The average Bonchev–Trinajstić information content (AvgIpc) is 3.18. The molecule has 0 amide bonds. The number of benzene rings is 1. The van der Waals surface area contributed by atoms with Crippen molar-refractivity contribution in [2.75, 3.05) is 0 Å². The van der Waals surface area contributed by atoms with Crippen LogP contribution in [0.15, 0.2) is 24.3 Å². The predicted octanol–water partition coefficient (Wildman–Crippen LogP) is 3.15. The second-order valence-corrected chi connectivity index (χ2v) is 5.03. The van der Waals surface area contributed by atoms with Crippen molar-refractivity contribution in [3.05, 3.63) is 47.0 Å². The number of rotatable bonds is 4. The van der Waals surface area contributed by atoms with E-state index in [9.17, 15) is 14.3 Å². The Hall–Kier alpha value is -2.17. The highest BCUT2D eigenvalue weighted by Crippen LogP contribution is 2.42. The molecule has 2 aromatic rings. The molecule has 3 rings (SSSR count). The van der Waals surface area contributed by atoms with Crippen molar-refractivity contribution >= 4 is 5.97 Å². The van der Waals surface area contributed by atoms with E-state index in [1.807, 2.05) is 6.92 Å². The zero-order chi connectivity index (χ0) is 14.3. The summed E-state index contributed by atoms with van der Waals surface area (Å²) in [4.78, 5) is 11.5. The molecule has 104 valence electrons. The standard InChI is InChI=1S/C15H15FN2O2/c1-2-12-13(15(19)20)14(9-6-7-9)17-18(12)11-5-3-4-10(16)8-11/h3-5,8-9H,2,6-7H2,1H3,(H,19,20). The fourth-order valence-corrected chi connectivity index (χ4v) is 2.50. The van der Waals surface area contributed by atoms with E-state index in [4.69, 9.17) is 0 Å². The number of hydrogen-bond acceptors (Lipinski definition) is 2. The van der Waals surface area contributed by atoms with Gasteiger partial charge in [0.1, 0.15) is 11.4 Å². The van der Waals surface area contributed by atoms with Gasteiger partial charge < -0.3 is 5.11 Å². The summed E-state index contributed by atoms with van der Waals surface area (Å²) in [5, 5.41) is 13.9. The summed E-state index contributed by atoms with van der Waals surface area (Å²) in [5.41, 5.74) is 2.12. The first-order chi connectivity index (χ1) is 9.61. The Labute approximate surface area is 115 Å². The van der Waals surface area contributed by atoms with Gasteiger partial charge in [0.2, 0.25) is 0 Å². The number of aromatic nitrogens is 2. The van der Waals surface area contributed by atoms with Crippen LogP contribution in [0.5, 0.6) is 0 Å². The van der Waals surface area contributed by atoms with Crippen molar-refractivity contribution in [1.82, 2.24) is 9.78 Å². The minimum absolute atomic E-state index is 0.237. The second kappa shape index (κ2) is 4.74. The first-order valence-corrected chi connectivity index (χ1v) is 6.72. The molecule has 1 aliphatic rings. The Morgan fingerprint density at radius 2 is 2.25 bits per heavy atom. The smallest absolute Gasteiger partial charge is 0.339 e. The van der Waals surface area contributed by atoms with Crippen LogP contribution in [0.3, 0.4) is 0 Å². The minimum atomic E-state index is -0.952. The van der Waals surface area contributed by atoms with Crippen LogP contribution < -0.4 is 0 Å². The fourth-order valence-electron chi connectivity index (χ4n) is 2.50. The molecule has 1 aliphatic carbocycles. The Balaban J connectivity index is 2.20. The fraction of sp³-hybridized carbons (Fsp3) is 0.333. The number of aromatic carboxylic acids is 1. The van der Waals surface area contributed by atoms with Crippen LogP contribution in [-0.2, 0) is 6.42 Å². The van der Waals surface area contributed by atoms with Gasteiger partial charge in [-0.1, -0.05) is 13.0 Å². The maximum absolute atomic E-state index is 13.4. The molecule has 0 aliphatic heterocycles. The normalized spacial score (nSPS) is 14.5. The summed E-state index contributed by atoms with van der Waals surface area (Å²) in [6.07, 6.45) is 2.49. The molecule has 5 heteroatoms. The zero-order valence-electron chi connectivity index (χ0n) is 11.1. The van der Waals surface area contributed by atoms with Gasteiger partial charge >= 0.3 is 5.97 Å². The molecule has 1 saturated carbocycles. The minimum Gasteiger partial charge on any atom is -0.478 e. The molecule has 1 aromatic carbocycles. The van der Waals surface area contributed by atoms with Gasteiger partial charge in [-0.3, -0.25) is 0 Å². The van der Waals surface area contributed by atoms with Crippen LogP contribution in [0.25, 0.3) is 5.69 Å². The highest BCUT2D eigenvalue weighted by atomic mass is 19.1. The lowest BCUT2D eigenvalue weighted by Gasteiger charge is -2.06. The topological polar surface area (TPSA) is 55.1 Å². The van der Waals surface area contributed by atoms with Crippen molar-refractivity contribution in [3.8, 4) is 5.69 Å². The summed E-state index contributed by atoms with van der Waals surface area (Å²) in [6.45, 7) is 1.88. The van der Waals surface area contributed by atoms with Crippen molar-refractivity contribution < 1.29 is 14.3 Å². The lowest BCUT2D eigenvalue weighted by molar-refractivity contribution is 0.0694. The molecule has 20 heavy (non-hydrogen) atoms. The van der Waals surface area contributed by atoms with E-state index in [0.29, 0.717) is 29.1 Å². The van der Waals surface area contributed by atoms with Crippen LogP contribution >= 0.6 is 0 Å². The molecular formula is C15H15FN2O2. The van der Waals surface area contributed by atoms with Crippen LogP contribution in [0.2, 0.25) is 0 Å². The van der Waals surface area contributed by atoms with Gasteiger partial charge in [0, 0.05) is 5.92 Å².